The van der Waals surface area contributed by atoms with Gasteiger partial charge < -0.3 is 5.11 Å². The number of aliphatic hydroxyl groups is 1. The monoisotopic (exact) mass is 260 g/mol. The molecule has 0 aliphatic heterocycles. The standard InChI is InChI=1S/C16H14F2O/c17-14-7-13(8-15(18)9-14)16(19)12-5-10-3-1-2-4-11(10)6-12/h1-4,7-9,12,16,19H,5-6H2. The highest BCUT2D eigenvalue weighted by Crippen LogP contribution is 2.35. The van der Waals surface area contributed by atoms with Gasteiger partial charge >= 0.3 is 0 Å². The van der Waals surface area contributed by atoms with Crippen LogP contribution in [0.1, 0.15) is 22.8 Å². The van der Waals surface area contributed by atoms with Crippen LogP contribution in [0.2, 0.25) is 0 Å². The van der Waals surface area contributed by atoms with Crippen LogP contribution in [-0.4, -0.2) is 5.11 Å². The van der Waals surface area contributed by atoms with E-state index in [0.717, 1.165) is 18.9 Å². The molecule has 2 aromatic rings. The number of hydrogen-bond acceptors (Lipinski definition) is 1. The van der Waals surface area contributed by atoms with Crippen LogP contribution in [-0.2, 0) is 12.8 Å². The molecular weight excluding hydrogens is 246 g/mol. The van der Waals surface area contributed by atoms with Crippen LogP contribution in [0.25, 0.3) is 0 Å². The van der Waals surface area contributed by atoms with Crippen molar-refractivity contribution in [3.63, 3.8) is 0 Å². The van der Waals surface area contributed by atoms with Gasteiger partial charge in [0.25, 0.3) is 0 Å². The summed E-state index contributed by atoms with van der Waals surface area (Å²) in [4.78, 5) is 0. The summed E-state index contributed by atoms with van der Waals surface area (Å²) in [6.45, 7) is 0. The van der Waals surface area contributed by atoms with Gasteiger partial charge in [0.2, 0.25) is 0 Å². The lowest BCUT2D eigenvalue weighted by Crippen LogP contribution is -2.13. The SMILES string of the molecule is OC(c1cc(F)cc(F)c1)C1Cc2ccccc2C1. The normalized spacial score (nSPS) is 16.4. The first-order valence-corrected chi connectivity index (χ1v) is 6.34. The van der Waals surface area contributed by atoms with Gasteiger partial charge in [-0.15, -0.1) is 0 Å². The molecule has 1 N–H and O–H groups in total. The Morgan fingerprint density at radius 3 is 2.00 bits per heavy atom. The average Bonchev–Trinajstić information content (AvgIpc) is 2.80. The van der Waals surface area contributed by atoms with Crippen molar-refractivity contribution in [2.24, 2.45) is 5.92 Å². The predicted octanol–water partition coefficient (Wildman–Crippen LogP) is 3.41. The van der Waals surface area contributed by atoms with Gasteiger partial charge in [-0.2, -0.15) is 0 Å². The molecule has 0 aromatic heterocycles. The van der Waals surface area contributed by atoms with Crippen molar-refractivity contribution < 1.29 is 13.9 Å². The molecule has 2 aromatic carbocycles. The topological polar surface area (TPSA) is 20.2 Å². The Kier molecular flexibility index (Phi) is 3.07. The first kappa shape index (κ1) is 12.3. The van der Waals surface area contributed by atoms with Crippen LogP contribution in [0.3, 0.4) is 0 Å². The minimum Gasteiger partial charge on any atom is -0.388 e. The van der Waals surface area contributed by atoms with Crippen molar-refractivity contribution in [1.29, 1.82) is 0 Å². The van der Waals surface area contributed by atoms with Crippen molar-refractivity contribution >= 4 is 0 Å². The first-order valence-electron chi connectivity index (χ1n) is 6.34. The van der Waals surface area contributed by atoms with Crippen molar-refractivity contribution in [1.82, 2.24) is 0 Å². The van der Waals surface area contributed by atoms with Crippen LogP contribution in [0.5, 0.6) is 0 Å². The van der Waals surface area contributed by atoms with Crippen LogP contribution in [0, 0.1) is 17.6 Å². The molecular formula is C16H14F2O. The lowest BCUT2D eigenvalue weighted by Gasteiger charge is -2.18. The van der Waals surface area contributed by atoms with Crippen molar-refractivity contribution in [3.8, 4) is 0 Å². The molecule has 0 amide bonds. The second kappa shape index (κ2) is 4.74. The minimum atomic E-state index is -0.836. The molecule has 1 atom stereocenters. The molecule has 0 radical (unpaired) electrons. The number of fused-ring (bicyclic) bond motifs is 1. The molecule has 0 saturated heterocycles. The number of rotatable bonds is 2. The maximum absolute atomic E-state index is 13.2. The smallest absolute Gasteiger partial charge is 0.126 e. The zero-order chi connectivity index (χ0) is 13.4. The Morgan fingerprint density at radius 1 is 0.947 bits per heavy atom. The van der Waals surface area contributed by atoms with Crippen LogP contribution >= 0.6 is 0 Å². The number of hydrogen-bond donors (Lipinski definition) is 1. The minimum absolute atomic E-state index is 0.0152. The third-order valence-corrected chi connectivity index (χ3v) is 3.76. The summed E-state index contributed by atoms with van der Waals surface area (Å²) in [5.74, 6) is -1.31. The lowest BCUT2D eigenvalue weighted by atomic mass is 9.93. The van der Waals surface area contributed by atoms with E-state index in [2.05, 4.69) is 0 Å². The summed E-state index contributed by atoms with van der Waals surface area (Å²) in [5.41, 5.74) is 2.74. The van der Waals surface area contributed by atoms with Gasteiger partial charge in [-0.1, -0.05) is 24.3 Å². The van der Waals surface area contributed by atoms with Gasteiger partial charge in [0.15, 0.2) is 0 Å². The third kappa shape index (κ3) is 2.38. The van der Waals surface area contributed by atoms with E-state index in [1.165, 1.54) is 23.3 Å². The maximum atomic E-state index is 13.2. The van der Waals surface area contributed by atoms with Gasteiger partial charge in [0.1, 0.15) is 11.6 Å². The molecule has 3 heteroatoms. The number of benzene rings is 2. The Bertz CT molecular complexity index is 564. The van der Waals surface area contributed by atoms with Gasteiger partial charge in [-0.05, 0) is 47.6 Å². The number of aliphatic hydroxyl groups excluding tert-OH is 1. The quantitative estimate of drug-likeness (QED) is 0.877. The summed E-state index contributed by atoms with van der Waals surface area (Å²) in [7, 11) is 0. The molecule has 1 aliphatic carbocycles. The molecule has 1 nitrogen and oxygen atoms in total. The van der Waals surface area contributed by atoms with Crippen LogP contribution < -0.4 is 0 Å². The lowest BCUT2D eigenvalue weighted by molar-refractivity contribution is 0.113. The largest absolute Gasteiger partial charge is 0.388 e. The second-order valence-electron chi connectivity index (χ2n) is 5.08. The first-order chi connectivity index (χ1) is 9.13. The zero-order valence-electron chi connectivity index (χ0n) is 10.3. The molecule has 0 bridgehead atoms. The molecule has 0 fully saturated rings. The molecule has 19 heavy (non-hydrogen) atoms. The highest BCUT2D eigenvalue weighted by Gasteiger charge is 2.28. The Balaban J connectivity index is 1.84. The molecule has 98 valence electrons. The average molecular weight is 260 g/mol. The fourth-order valence-electron chi connectivity index (χ4n) is 2.83. The fraction of sp³-hybridized carbons (Fsp3) is 0.250. The molecule has 1 aliphatic rings. The molecule has 0 heterocycles. The Morgan fingerprint density at radius 2 is 1.47 bits per heavy atom. The second-order valence-corrected chi connectivity index (χ2v) is 5.08. The predicted molar refractivity (Wildman–Crippen MR) is 68.7 cm³/mol. The summed E-state index contributed by atoms with van der Waals surface area (Å²) < 4.78 is 26.4. The third-order valence-electron chi connectivity index (χ3n) is 3.76. The van der Waals surface area contributed by atoms with Crippen LogP contribution in [0.4, 0.5) is 8.78 Å². The summed E-state index contributed by atoms with van der Waals surface area (Å²) in [6, 6.07) is 11.2. The van der Waals surface area contributed by atoms with E-state index in [1.54, 1.807) is 0 Å². The molecule has 3 rings (SSSR count). The van der Waals surface area contributed by atoms with Gasteiger partial charge in [-0.25, -0.2) is 8.78 Å². The van der Waals surface area contributed by atoms with E-state index in [9.17, 15) is 13.9 Å². The Labute approximate surface area is 110 Å². The van der Waals surface area contributed by atoms with Crippen LogP contribution in [0.15, 0.2) is 42.5 Å². The van der Waals surface area contributed by atoms with E-state index < -0.39 is 17.7 Å². The van der Waals surface area contributed by atoms with E-state index in [1.807, 2.05) is 24.3 Å². The Hall–Kier alpha value is -1.74. The van der Waals surface area contributed by atoms with E-state index in [4.69, 9.17) is 0 Å². The van der Waals surface area contributed by atoms with Gasteiger partial charge in [-0.3, -0.25) is 0 Å². The highest BCUT2D eigenvalue weighted by molar-refractivity contribution is 5.33. The maximum Gasteiger partial charge on any atom is 0.126 e. The van der Waals surface area contributed by atoms with Crippen molar-refractivity contribution in [2.75, 3.05) is 0 Å². The fourth-order valence-corrected chi connectivity index (χ4v) is 2.83. The highest BCUT2D eigenvalue weighted by atomic mass is 19.1. The molecule has 0 spiro atoms. The van der Waals surface area contributed by atoms with Crippen molar-refractivity contribution in [2.45, 2.75) is 18.9 Å². The van der Waals surface area contributed by atoms with E-state index in [-0.39, 0.29) is 5.92 Å². The van der Waals surface area contributed by atoms with Gasteiger partial charge in [0, 0.05) is 6.07 Å². The van der Waals surface area contributed by atoms with E-state index >= 15 is 0 Å². The van der Waals surface area contributed by atoms with E-state index in [0.29, 0.717) is 5.56 Å². The zero-order valence-corrected chi connectivity index (χ0v) is 10.3. The summed E-state index contributed by atoms with van der Waals surface area (Å²) >= 11 is 0. The number of halogens is 2. The van der Waals surface area contributed by atoms with Gasteiger partial charge in [0.05, 0.1) is 6.10 Å². The summed E-state index contributed by atoms with van der Waals surface area (Å²) in [6.07, 6.45) is 0.655. The summed E-state index contributed by atoms with van der Waals surface area (Å²) in [5, 5.41) is 10.3. The molecule has 1 unspecified atom stereocenters. The molecule has 0 saturated carbocycles. The van der Waals surface area contributed by atoms with Crippen molar-refractivity contribution in [3.05, 3.63) is 70.8 Å².